The summed E-state index contributed by atoms with van der Waals surface area (Å²) in [4.78, 5) is 10.8. The van der Waals surface area contributed by atoms with E-state index >= 15 is 0 Å². The Labute approximate surface area is 70.3 Å². The van der Waals surface area contributed by atoms with E-state index in [0.717, 1.165) is 17.8 Å². The topological polar surface area (TPSA) is 39.4 Å². The Balaban J connectivity index is 2.33. The second kappa shape index (κ2) is 2.45. The molecule has 0 spiro atoms. The highest BCUT2D eigenvalue weighted by atomic mass is 16.5. The second-order valence-electron chi connectivity index (χ2n) is 3.18. The molecule has 64 valence electrons. The lowest BCUT2D eigenvalue weighted by molar-refractivity contribution is -0.132. The summed E-state index contributed by atoms with van der Waals surface area (Å²) in [5.41, 5.74) is -0.492. The molecule has 2 rings (SSSR count). The van der Waals surface area contributed by atoms with Gasteiger partial charge in [-0.2, -0.15) is 0 Å². The highest BCUT2D eigenvalue weighted by Gasteiger charge is 2.43. The molecule has 0 amide bonds. The highest BCUT2D eigenvalue weighted by molar-refractivity contribution is 5.69. The van der Waals surface area contributed by atoms with E-state index < -0.39 is 5.41 Å². The number of carbonyl (C=O) groups excluding carboxylic acids is 1. The van der Waals surface area contributed by atoms with Gasteiger partial charge in [0.2, 0.25) is 0 Å². The van der Waals surface area contributed by atoms with E-state index in [-0.39, 0.29) is 0 Å². The average molecular weight is 166 g/mol. The Morgan fingerprint density at radius 3 is 2.58 bits per heavy atom. The van der Waals surface area contributed by atoms with Crippen LogP contribution in [-0.4, -0.2) is 19.5 Å². The number of aldehydes is 1. The predicted molar refractivity (Wildman–Crippen MR) is 42.0 cm³/mol. The maximum atomic E-state index is 10.8. The van der Waals surface area contributed by atoms with E-state index in [9.17, 15) is 4.79 Å². The van der Waals surface area contributed by atoms with Crippen LogP contribution >= 0.6 is 0 Å². The van der Waals surface area contributed by atoms with Crippen LogP contribution < -0.4 is 0 Å². The number of rotatable bonds is 2. The number of hydrogen-bond donors (Lipinski definition) is 0. The third kappa shape index (κ3) is 0.898. The smallest absolute Gasteiger partial charge is 0.138 e. The maximum absolute atomic E-state index is 10.8. The van der Waals surface area contributed by atoms with Crippen LogP contribution in [0, 0.1) is 6.92 Å². The van der Waals surface area contributed by atoms with Crippen molar-refractivity contribution >= 4 is 6.29 Å². The van der Waals surface area contributed by atoms with Crippen LogP contribution in [0.15, 0.2) is 16.5 Å². The molecule has 0 saturated carbocycles. The van der Waals surface area contributed by atoms with Gasteiger partial charge in [0.15, 0.2) is 0 Å². The molecule has 0 aromatic carbocycles. The fourth-order valence-corrected chi connectivity index (χ4v) is 1.29. The van der Waals surface area contributed by atoms with Gasteiger partial charge in [-0.15, -0.1) is 0 Å². The van der Waals surface area contributed by atoms with E-state index in [1.807, 2.05) is 19.1 Å². The number of aryl methyl sites for hydroxylation is 1. The Bertz CT molecular complexity index is 296. The van der Waals surface area contributed by atoms with Crippen molar-refractivity contribution in [1.82, 2.24) is 0 Å². The van der Waals surface area contributed by atoms with Gasteiger partial charge in [0.05, 0.1) is 13.2 Å². The van der Waals surface area contributed by atoms with Crippen molar-refractivity contribution in [3.05, 3.63) is 23.7 Å². The van der Waals surface area contributed by atoms with E-state index in [4.69, 9.17) is 9.15 Å². The van der Waals surface area contributed by atoms with Gasteiger partial charge >= 0.3 is 0 Å². The molecule has 1 fully saturated rings. The predicted octanol–water partition coefficient (Wildman–Crippen LogP) is 1.05. The van der Waals surface area contributed by atoms with Crippen molar-refractivity contribution in [2.75, 3.05) is 13.2 Å². The van der Waals surface area contributed by atoms with Gasteiger partial charge in [-0.3, -0.25) is 0 Å². The molecule has 0 aliphatic carbocycles. The summed E-state index contributed by atoms with van der Waals surface area (Å²) >= 11 is 0. The van der Waals surface area contributed by atoms with Crippen LogP contribution in [0.25, 0.3) is 0 Å². The standard InChI is InChI=1S/C9H10O3/c1-7-2-3-8(12-7)9(4-10)5-11-6-9/h2-4H,5-6H2,1H3. The molecule has 1 saturated heterocycles. The fraction of sp³-hybridized carbons (Fsp3) is 0.444. The van der Waals surface area contributed by atoms with Gasteiger partial charge < -0.3 is 13.9 Å². The molecule has 0 unspecified atom stereocenters. The van der Waals surface area contributed by atoms with Gasteiger partial charge in [-0.05, 0) is 19.1 Å². The zero-order chi connectivity index (χ0) is 8.60. The maximum Gasteiger partial charge on any atom is 0.138 e. The van der Waals surface area contributed by atoms with E-state index in [0.29, 0.717) is 13.2 Å². The summed E-state index contributed by atoms with van der Waals surface area (Å²) in [7, 11) is 0. The first-order valence-corrected chi connectivity index (χ1v) is 3.88. The lowest BCUT2D eigenvalue weighted by Gasteiger charge is -2.34. The van der Waals surface area contributed by atoms with E-state index in [2.05, 4.69) is 0 Å². The van der Waals surface area contributed by atoms with Gasteiger partial charge in [0, 0.05) is 0 Å². The number of ether oxygens (including phenoxy) is 1. The number of hydrogen-bond acceptors (Lipinski definition) is 3. The first kappa shape index (κ1) is 7.55. The number of carbonyl (C=O) groups is 1. The molecule has 2 heterocycles. The quantitative estimate of drug-likeness (QED) is 0.616. The van der Waals surface area contributed by atoms with Crippen LogP contribution in [0.3, 0.4) is 0 Å². The SMILES string of the molecule is Cc1ccc(C2(C=O)COC2)o1. The minimum absolute atomic E-state index is 0.448. The highest BCUT2D eigenvalue weighted by Crippen LogP contribution is 2.31. The van der Waals surface area contributed by atoms with Crippen LogP contribution in [0.1, 0.15) is 11.5 Å². The zero-order valence-corrected chi connectivity index (χ0v) is 6.87. The monoisotopic (exact) mass is 166 g/mol. The Hall–Kier alpha value is -1.09. The molecule has 0 N–H and O–H groups in total. The van der Waals surface area contributed by atoms with Crippen molar-refractivity contribution in [3.8, 4) is 0 Å². The van der Waals surface area contributed by atoms with Crippen LogP contribution in [0.5, 0.6) is 0 Å². The van der Waals surface area contributed by atoms with Crippen LogP contribution in [-0.2, 0) is 14.9 Å². The molecule has 1 aliphatic heterocycles. The van der Waals surface area contributed by atoms with Gasteiger partial charge in [-0.25, -0.2) is 0 Å². The summed E-state index contributed by atoms with van der Waals surface area (Å²) in [6.07, 6.45) is 0.911. The van der Waals surface area contributed by atoms with Gasteiger partial charge in [0.25, 0.3) is 0 Å². The fourth-order valence-electron chi connectivity index (χ4n) is 1.29. The van der Waals surface area contributed by atoms with Crippen molar-refractivity contribution < 1.29 is 13.9 Å². The Morgan fingerprint density at radius 1 is 1.50 bits per heavy atom. The Morgan fingerprint density at radius 2 is 2.25 bits per heavy atom. The summed E-state index contributed by atoms with van der Waals surface area (Å²) in [5, 5.41) is 0. The minimum Gasteiger partial charge on any atom is -0.465 e. The average Bonchev–Trinajstić information content (AvgIpc) is 2.35. The lowest BCUT2D eigenvalue weighted by Crippen LogP contribution is -2.47. The van der Waals surface area contributed by atoms with Crippen molar-refractivity contribution in [2.24, 2.45) is 0 Å². The zero-order valence-electron chi connectivity index (χ0n) is 6.87. The van der Waals surface area contributed by atoms with Crippen LogP contribution in [0.4, 0.5) is 0 Å². The van der Waals surface area contributed by atoms with Crippen molar-refractivity contribution in [3.63, 3.8) is 0 Å². The third-order valence-electron chi connectivity index (χ3n) is 2.18. The Kier molecular flexibility index (Phi) is 1.54. The molecular weight excluding hydrogens is 156 g/mol. The summed E-state index contributed by atoms with van der Waals surface area (Å²) < 4.78 is 10.4. The molecule has 0 bridgehead atoms. The summed E-state index contributed by atoms with van der Waals surface area (Å²) in [5.74, 6) is 1.55. The molecular formula is C9H10O3. The molecule has 0 radical (unpaired) electrons. The first-order valence-electron chi connectivity index (χ1n) is 3.88. The molecule has 1 aromatic heterocycles. The normalized spacial score (nSPS) is 20.1. The molecule has 1 aromatic rings. The van der Waals surface area contributed by atoms with Crippen LogP contribution in [0.2, 0.25) is 0 Å². The van der Waals surface area contributed by atoms with Gasteiger partial charge in [-0.1, -0.05) is 0 Å². The third-order valence-corrected chi connectivity index (χ3v) is 2.18. The molecule has 3 heteroatoms. The molecule has 3 nitrogen and oxygen atoms in total. The second-order valence-corrected chi connectivity index (χ2v) is 3.18. The molecule has 12 heavy (non-hydrogen) atoms. The number of furan rings is 1. The largest absolute Gasteiger partial charge is 0.465 e. The summed E-state index contributed by atoms with van der Waals surface area (Å²) in [6, 6.07) is 3.70. The first-order chi connectivity index (χ1) is 5.77. The van der Waals surface area contributed by atoms with Gasteiger partial charge in [0.1, 0.15) is 23.2 Å². The molecule has 0 atom stereocenters. The van der Waals surface area contributed by atoms with E-state index in [1.165, 1.54) is 0 Å². The van der Waals surface area contributed by atoms with Crippen molar-refractivity contribution in [2.45, 2.75) is 12.3 Å². The molecule has 1 aliphatic rings. The summed E-state index contributed by atoms with van der Waals surface area (Å²) in [6.45, 7) is 2.76. The minimum atomic E-state index is -0.492. The lowest BCUT2D eigenvalue weighted by atomic mass is 9.85. The van der Waals surface area contributed by atoms with Crippen molar-refractivity contribution in [1.29, 1.82) is 0 Å². The van der Waals surface area contributed by atoms with E-state index in [1.54, 1.807) is 0 Å².